The lowest BCUT2D eigenvalue weighted by Crippen LogP contribution is -2.31. The summed E-state index contributed by atoms with van der Waals surface area (Å²) in [4.78, 5) is 3.85. The van der Waals surface area contributed by atoms with Gasteiger partial charge in [-0.15, -0.1) is 5.53 Å². The van der Waals surface area contributed by atoms with E-state index in [-0.39, 0.29) is 5.02 Å². The predicted molar refractivity (Wildman–Crippen MR) is 74.8 cm³/mol. The molecule has 0 unspecified atom stereocenters. The van der Waals surface area contributed by atoms with E-state index in [0.717, 1.165) is 23.6 Å². The third-order valence-corrected chi connectivity index (χ3v) is 3.45. The van der Waals surface area contributed by atoms with E-state index in [2.05, 4.69) is 15.9 Å². The molecule has 2 aromatic rings. The molecule has 2 N–H and O–H groups in total. The van der Waals surface area contributed by atoms with Crippen LogP contribution in [0.2, 0.25) is 5.02 Å². The third-order valence-electron chi connectivity index (χ3n) is 3.16. The molecule has 1 aromatic heterocycles. The highest BCUT2D eigenvalue weighted by atomic mass is 35.5. The molecule has 4 nitrogen and oxygen atoms in total. The first-order valence-corrected chi connectivity index (χ1v) is 6.36. The number of anilines is 2. The zero-order valence-corrected chi connectivity index (χ0v) is 11.5. The molecule has 0 fully saturated rings. The lowest BCUT2D eigenvalue weighted by Gasteiger charge is -2.11. The fraction of sp³-hybridized carbons (Fsp3) is 0.154. The SMILES string of the molecule is CN1NNc2cc(-c3ncc(C(F)(F)F)cc3Cl)ccc21. The number of fused-ring (bicyclic) bond motifs is 1. The average Bonchev–Trinajstić information content (AvgIpc) is 2.79. The molecule has 0 amide bonds. The number of rotatable bonds is 1. The highest BCUT2D eigenvalue weighted by Crippen LogP contribution is 2.37. The van der Waals surface area contributed by atoms with Crippen molar-refractivity contribution in [2.75, 3.05) is 17.5 Å². The summed E-state index contributed by atoms with van der Waals surface area (Å²) in [5.74, 6) is 0. The Morgan fingerprint density at radius 1 is 1.24 bits per heavy atom. The predicted octanol–water partition coefficient (Wildman–Crippen LogP) is 3.70. The zero-order chi connectivity index (χ0) is 15.2. The monoisotopic (exact) mass is 314 g/mol. The maximum Gasteiger partial charge on any atom is 0.417 e. The second-order valence-electron chi connectivity index (χ2n) is 4.58. The standard InChI is InChI=1S/C13H10ClF3N4/c1-21-11-3-2-7(4-10(11)19-20-21)12-9(14)5-8(6-18-12)13(15,16)17/h2-6,19-20H,1H3. The van der Waals surface area contributed by atoms with Crippen LogP contribution >= 0.6 is 11.6 Å². The highest BCUT2D eigenvalue weighted by molar-refractivity contribution is 6.33. The van der Waals surface area contributed by atoms with Crippen molar-refractivity contribution in [3.05, 3.63) is 41.0 Å². The molecular formula is C13H10ClF3N4. The van der Waals surface area contributed by atoms with Gasteiger partial charge in [-0.05, 0) is 18.2 Å². The van der Waals surface area contributed by atoms with Gasteiger partial charge in [0.05, 0.1) is 27.7 Å². The summed E-state index contributed by atoms with van der Waals surface area (Å²) >= 11 is 5.94. The van der Waals surface area contributed by atoms with Crippen molar-refractivity contribution in [2.45, 2.75) is 6.18 Å². The van der Waals surface area contributed by atoms with Crippen molar-refractivity contribution < 1.29 is 13.2 Å². The van der Waals surface area contributed by atoms with Gasteiger partial charge in [0.15, 0.2) is 0 Å². The zero-order valence-electron chi connectivity index (χ0n) is 10.8. The molecular weight excluding hydrogens is 305 g/mol. The number of hydrogen-bond donors (Lipinski definition) is 2. The minimum absolute atomic E-state index is 0.0379. The number of halogens is 4. The van der Waals surface area contributed by atoms with Crippen molar-refractivity contribution >= 4 is 23.0 Å². The van der Waals surface area contributed by atoms with Gasteiger partial charge in [0, 0.05) is 18.8 Å². The van der Waals surface area contributed by atoms with Crippen LogP contribution in [0.25, 0.3) is 11.3 Å². The number of nitrogens with zero attached hydrogens (tertiary/aromatic N) is 2. The van der Waals surface area contributed by atoms with Gasteiger partial charge in [-0.25, -0.2) is 0 Å². The molecule has 1 aromatic carbocycles. The van der Waals surface area contributed by atoms with Gasteiger partial charge in [0.2, 0.25) is 0 Å². The van der Waals surface area contributed by atoms with E-state index in [1.807, 2.05) is 13.1 Å². The molecule has 0 atom stereocenters. The molecule has 8 heteroatoms. The van der Waals surface area contributed by atoms with Gasteiger partial charge < -0.3 is 5.43 Å². The van der Waals surface area contributed by atoms with Crippen LogP contribution in [0, 0.1) is 0 Å². The van der Waals surface area contributed by atoms with E-state index < -0.39 is 11.7 Å². The second-order valence-corrected chi connectivity index (χ2v) is 4.99. The molecule has 0 aliphatic carbocycles. The minimum atomic E-state index is -4.46. The number of nitrogens with one attached hydrogen (secondary N) is 2. The molecule has 110 valence electrons. The Morgan fingerprint density at radius 2 is 2.00 bits per heavy atom. The van der Waals surface area contributed by atoms with Crippen LogP contribution in [0.15, 0.2) is 30.5 Å². The molecule has 0 saturated carbocycles. The van der Waals surface area contributed by atoms with Crippen molar-refractivity contribution in [3.63, 3.8) is 0 Å². The van der Waals surface area contributed by atoms with Gasteiger partial charge >= 0.3 is 6.18 Å². The molecule has 0 spiro atoms. The van der Waals surface area contributed by atoms with Crippen molar-refractivity contribution in [1.82, 2.24) is 10.5 Å². The first-order valence-electron chi connectivity index (χ1n) is 5.99. The summed E-state index contributed by atoms with van der Waals surface area (Å²) in [5, 5.41) is 1.74. The minimum Gasteiger partial charge on any atom is -0.302 e. The first-order chi connectivity index (χ1) is 9.86. The third kappa shape index (κ3) is 2.50. The molecule has 0 bridgehead atoms. The molecule has 1 aliphatic heterocycles. The van der Waals surface area contributed by atoms with E-state index >= 15 is 0 Å². The maximum absolute atomic E-state index is 12.6. The Bertz CT molecular complexity index is 702. The summed E-state index contributed by atoms with van der Waals surface area (Å²) in [5.41, 5.74) is 7.63. The van der Waals surface area contributed by atoms with Crippen LogP contribution in [0.5, 0.6) is 0 Å². The number of benzene rings is 1. The molecule has 0 radical (unpaired) electrons. The van der Waals surface area contributed by atoms with Gasteiger partial charge in [0.1, 0.15) is 0 Å². The lowest BCUT2D eigenvalue weighted by molar-refractivity contribution is -0.137. The average molecular weight is 315 g/mol. The topological polar surface area (TPSA) is 40.2 Å². The number of aromatic nitrogens is 1. The van der Waals surface area contributed by atoms with E-state index in [9.17, 15) is 13.2 Å². The fourth-order valence-corrected chi connectivity index (χ4v) is 2.36. The number of pyridine rings is 1. The molecule has 0 saturated heterocycles. The number of hydrogen-bond acceptors (Lipinski definition) is 4. The summed E-state index contributed by atoms with van der Waals surface area (Å²) in [7, 11) is 1.84. The van der Waals surface area contributed by atoms with Crippen molar-refractivity contribution in [3.8, 4) is 11.3 Å². The summed E-state index contributed by atoms with van der Waals surface area (Å²) in [6, 6.07) is 6.24. The fourth-order valence-electron chi connectivity index (χ4n) is 2.09. The molecule has 2 heterocycles. The van der Waals surface area contributed by atoms with Crippen LogP contribution in [0.3, 0.4) is 0 Å². The smallest absolute Gasteiger partial charge is 0.302 e. The molecule has 3 rings (SSSR count). The van der Waals surface area contributed by atoms with E-state index in [1.54, 1.807) is 17.1 Å². The van der Waals surface area contributed by atoms with Crippen molar-refractivity contribution in [1.29, 1.82) is 0 Å². The molecule has 21 heavy (non-hydrogen) atoms. The summed E-state index contributed by atoms with van der Waals surface area (Å²) in [6.45, 7) is 0. The van der Waals surface area contributed by atoms with E-state index in [0.29, 0.717) is 11.3 Å². The maximum atomic E-state index is 12.6. The number of alkyl halides is 3. The summed E-state index contributed by atoms with van der Waals surface area (Å²) < 4.78 is 37.8. The quantitative estimate of drug-likeness (QED) is 0.842. The van der Waals surface area contributed by atoms with E-state index in [4.69, 9.17) is 11.6 Å². The highest BCUT2D eigenvalue weighted by Gasteiger charge is 2.31. The van der Waals surface area contributed by atoms with Gasteiger partial charge in [-0.1, -0.05) is 17.7 Å². The Balaban J connectivity index is 2.02. The van der Waals surface area contributed by atoms with Crippen LogP contribution < -0.4 is 16.0 Å². The molecule has 1 aliphatic rings. The Hall–Kier alpha value is -1.99. The first kappa shape index (κ1) is 14.0. The van der Waals surface area contributed by atoms with Crippen molar-refractivity contribution in [2.24, 2.45) is 0 Å². The van der Waals surface area contributed by atoms with Gasteiger partial charge in [-0.3, -0.25) is 9.99 Å². The second kappa shape index (κ2) is 4.78. The largest absolute Gasteiger partial charge is 0.417 e. The Morgan fingerprint density at radius 3 is 2.67 bits per heavy atom. The Kier molecular flexibility index (Phi) is 3.18. The van der Waals surface area contributed by atoms with E-state index in [1.165, 1.54) is 0 Å². The van der Waals surface area contributed by atoms with Crippen LogP contribution in [0.4, 0.5) is 24.5 Å². The lowest BCUT2D eigenvalue weighted by atomic mass is 10.1. The summed E-state index contributed by atoms with van der Waals surface area (Å²) in [6.07, 6.45) is -3.67. The normalized spacial score (nSPS) is 14.0. The Labute approximate surface area is 123 Å². The van der Waals surface area contributed by atoms with Gasteiger partial charge in [-0.2, -0.15) is 13.2 Å². The van der Waals surface area contributed by atoms with Gasteiger partial charge in [0.25, 0.3) is 0 Å². The van der Waals surface area contributed by atoms with Crippen LogP contribution in [0.1, 0.15) is 5.56 Å². The van der Waals surface area contributed by atoms with Crippen LogP contribution in [-0.4, -0.2) is 12.0 Å². The van der Waals surface area contributed by atoms with Crippen LogP contribution in [-0.2, 0) is 6.18 Å². The number of hydrazine groups is 2.